The number of aliphatic hydroxyl groups is 1. The molecule has 2 aromatic rings. The highest BCUT2D eigenvalue weighted by atomic mass is 32.2. The van der Waals surface area contributed by atoms with Gasteiger partial charge < -0.3 is 24.5 Å². The number of likely N-dealkylation sites (tertiary alicyclic amines) is 1. The molecule has 8 nitrogen and oxygen atoms in total. The van der Waals surface area contributed by atoms with Crippen LogP contribution in [0, 0.1) is 31.6 Å². The summed E-state index contributed by atoms with van der Waals surface area (Å²) in [4.78, 5) is 49.6. The van der Waals surface area contributed by atoms with Gasteiger partial charge in [-0.25, -0.2) is 0 Å². The van der Waals surface area contributed by atoms with E-state index in [4.69, 9.17) is 4.74 Å². The number of thioether (sulfide) groups is 1. The first-order valence-corrected chi connectivity index (χ1v) is 17.2. The maximum Gasteiger partial charge on any atom is 0.251 e. The Morgan fingerprint density at radius 3 is 2.37 bits per heavy atom. The molecule has 0 aromatic heterocycles. The number of rotatable bonds is 13. The number of anilines is 2. The van der Waals surface area contributed by atoms with Crippen molar-refractivity contribution >= 4 is 40.9 Å². The van der Waals surface area contributed by atoms with Crippen LogP contribution >= 0.6 is 11.8 Å². The fourth-order valence-electron chi connectivity index (χ4n) is 7.94. The van der Waals surface area contributed by atoms with Crippen molar-refractivity contribution in [2.75, 3.05) is 36.1 Å². The molecule has 3 fully saturated rings. The standard InChI is InChI=1S/C37H47N3O5S/c1-8-18-38(27-14-16-28(17-15-27)45-11-4)34(42)31-30-21-25(7)37(46-30)32(31)35(43)40(26(10-3)22-41)33(37)36(44)39(19-9-2)29-20-23(5)12-13-24(29)6/h8-9,12-17,20,25-26,30-33,41H,1-2,10-11,18-19,21-22H2,3-7H3/t25?,26-,30+,31-,32-,33?,37?/m0/s1. The largest absolute Gasteiger partial charge is 0.494 e. The van der Waals surface area contributed by atoms with Gasteiger partial charge in [0.2, 0.25) is 11.8 Å². The average molecular weight is 646 g/mol. The van der Waals surface area contributed by atoms with Crippen LogP contribution in [0.25, 0.3) is 0 Å². The van der Waals surface area contributed by atoms with Gasteiger partial charge in [0.1, 0.15) is 11.8 Å². The maximum atomic E-state index is 15.1. The lowest BCUT2D eigenvalue weighted by molar-refractivity contribution is -0.142. The summed E-state index contributed by atoms with van der Waals surface area (Å²) in [5.41, 5.74) is 3.44. The Bertz CT molecular complexity index is 1490. The third-order valence-electron chi connectivity index (χ3n) is 10.0. The van der Waals surface area contributed by atoms with Crippen molar-refractivity contribution in [3.05, 3.63) is 78.9 Å². The van der Waals surface area contributed by atoms with E-state index >= 15 is 4.79 Å². The number of carbonyl (C=O) groups is 3. The van der Waals surface area contributed by atoms with Gasteiger partial charge in [-0.3, -0.25) is 14.4 Å². The summed E-state index contributed by atoms with van der Waals surface area (Å²) in [6.07, 6.45) is 4.60. The fraction of sp³-hybridized carbons (Fsp3) is 0.486. The van der Waals surface area contributed by atoms with E-state index in [-0.39, 0.29) is 48.6 Å². The van der Waals surface area contributed by atoms with E-state index in [0.717, 1.165) is 16.8 Å². The van der Waals surface area contributed by atoms with Crippen LogP contribution in [-0.4, -0.2) is 76.1 Å². The number of amides is 3. The third-order valence-corrected chi connectivity index (χ3v) is 12.1. The molecule has 3 amide bonds. The van der Waals surface area contributed by atoms with Crippen LogP contribution in [0.1, 0.15) is 44.7 Å². The van der Waals surface area contributed by atoms with Gasteiger partial charge in [0, 0.05) is 29.7 Å². The molecule has 7 atom stereocenters. The van der Waals surface area contributed by atoms with Crippen LogP contribution < -0.4 is 14.5 Å². The van der Waals surface area contributed by atoms with E-state index in [0.29, 0.717) is 30.9 Å². The van der Waals surface area contributed by atoms with Crippen molar-refractivity contribution in [3.63, 3.8) is 0 Å². The van der Waals surface area contributed by atoms with Crippen LogP contribution in [0.4, 0.5) is 11.4 Å². The topological polar surface area (TPSA) is 90.4 Å². The molecule has 2 aromatic carbocycles. The Morgan fingerprint density at radius 2 is 1.76 bits per heavy atom. The molecule has 1 spiro atoms. The second-order valence-electron chi connectivity index (χ2n) is 12.7. The van der Waals surface area contributed by atoms with Crippen LogP contribution in [-0.2, 0) is 14.4 Å². The molecule has 0 aliphatic carbocycles. The first-order chi connectivity index (χ1) is 22.1. The Labute approximate surface area is 277 Å². The Hall–Kier alpha value is -3.56. The highest BCUT2D eigenvalue weighted by molar-refractivity contribution is 8.02. The number of hydrogen-bond acceptors (Lipinski definition) is 6. The lowest BCUT2D eigenvalue weighted by Gasteiger charge is -2.42. The molecule has 3 aliphatic heterocycles. The highest BCUT2D eigenvalue weighted by Crippen LogP contribution is 2.69. The molecule has 3 saturated heterocycles. The second-order valence-corrected chi connectivity index (χ2v) is 14.3. The molecule has 3 heterocycles. The zero-order valence-electron chi connectivity index (χ0n) is 27.6. The number of benzene rings is 2. The predicted octanol–water partition coefficient (Wildman–Crippen LogP) is 5.55. The zero-order chi connectivity index (χ0) is 33.3. The van der Waals surface area contributed by atoms with Crippen LogP contribution in [0.5, 0.6) is 5.75 Å². The molecule has 9 heteroatoms. The van der Waals surface area contributed by atoms with Gasteiger partial charge in [-0.2, -0.15) is 0 Å². The molecule has 1 N–H and O–H groups in total. The second kappa shape index (κ2) is 13.7. The van der Waals surface area contributed by atoms with E-state index in [9.17, 15) is 14.7 Å². The van der Waals surface area contributed by atoms with Crippen LogP contribution in [0.15, 0.2) is 67.8 Å². The van der Waals surface area contributed by atoms with Gasteiger partial charge in [-0.1, -0.05) is 38.1 Å². The number of nitrogens with zero attached hydrogens (tertiary/aromatic N) is 3. The fourth-order valence-corrected chi connectivity index (χ4v) is 10.3. The molecule has 5 rings (SSSR count). The smallest absolute Gasteiger partial charge is 0.251 e. The molecule has 3 unspecified atom stereocenters. The highest BCUT2D eigenvalue weighted by Gasteiger charge is 2.77. The lowest BCUT2D eigenvalue weighted by Crippen LogP contribution is -2.59. The van der Waals surface area contributed by atoms with Crippen molar-refractivity contribution in [1.82, 2.24) is 4.90 Å². The van der Waals surface area contributed by atoms with Crippen molar-refractivity contribution < 1.29 is 24.2 Å². The maximum absolute atomic E-state index is 15.1. The minimum Gasteiger partial charge on any atom is -0.494 e. The van der Waals surface area contributed by atoms with Crippen molar-refractivity contribution in [2.45, 2.75) is 69.5 Å². The average Bonchev–Trinajstić information content (AvgIpc) is 3.64. The van der Waals surface area contributed by atoms with E-state index in [1.54, 1.807) is 38.6 Å². The third kappa shape index (κ3) is 5.45. The van der Waals surface area contributed by atoms with Crippen LogP contribution in [0.3, 0.4) is 0 Å². The molecule has 3 aliphatic rings. The van der Waals surface area contributed by atoms with E-state index in [2.05, 4.69) is 20.1 Å². The van der Waals surface area contributed by atoms with Crippen molar-refractivity contribution in [2.24, 2.45) is 17.8 Å². The summed E-state index contributed by atoms with van der Waals surface area (Å²) in [6, 6.07) is 12.0. The van der Waals surface area contributed by atoms with Crippen LogP contribution in [0.2, 0.25) is 0 Å². The quantitative estimate of drug-likeness (QED) is 0.288. The summed E-state index contributed by atoms with van der Waals surface area (Å²) >= 11 is 1.64. The predicted molar refractivity (Wildman–Crippen MR) is 185 cm³/mol. The first-order valence-electron chi connectivity index (χ1n) is 16.3. The van der Waals surface area contributed by atoms with Gasteiger partial charge >= 0.3 is 0 Å². The van der Waals surface area contributed by atoms with E-state index in [1.807, 2.05) is 70.2 Å². The monoisotopic (exact) mass is 645 g/mol. The van der Waals surface area contributed by atoms with Crippen molar-refractivity contribution in [3.8, 4) is 5.75 Å². The Kier molecular flexibility index (Phi) is 10.0. The SMILES string of the molecule is C=CCN(C(=O)[C@@H]1[C@H]2C(=O)N([C@@H](CC)CO)C(C(=O)N(CC=C)c3cc(C)ccc3C)C23S[C@@H]1CC3C)c1ccc(OCC)cc1. The number of aliphatic hydroxyl groups excluding tert-OH is 1. The molecular formula is C37H47N3O5S. The number of aryl methyl sites for hydroxylation is 2. The summed E-state index contributed by atoms with van der Waals surface area (Å²) in [6.45, 7) is 18.6. The lowest BCUT2D eigenvalue weighted by atomic mass is 9.65. The van der Waals surface area contributed by atoms with E-state index < -0.39 is 28.7 Å². The van der Waals surface area contributed by atoms with Gasteiger partial charge in [0.15, 0.2) is 0 Å². The molecule has 246 valence electrons. The molecule has 0 saturated carbocycles. The minimum atomic E-state index is -0.844. The molecular weight excluding hydrogens is 598 g/mol. The minimum absolute atomic E-state index is 0.00170. The number of carbonyl (C=O) groups excluding carboxylic acids is 3. The van der Waals surface area contributed by atoms with Gasteiger partial charge in [0.25, 0.3) is 5.91 Å². The van der Waals surface area contributed by atoms with Gasteiger partial charge in [-0.05, 0) is 81.0 Å². The molecule has 46 heavy (non-hydrogen) atoms. The first kappa shape index (κ1) is 33.8. The summed E-state index contributed by atoms with van der Waals surface area (Å²) < 4.78 is 4.79. The van der Waals surface area contributed by atoms with Gasteiger partial charge in [0.05, 0.1) is 35.8 Å². The van der Waals surface area contributed by atoms with Crippen molar-refractivity contribution in [1.29, 1.82) is 0 Å². The zero-order valence-corrected chi connectivity index (χ0v) is 28.5. The van der Waals surface area contributed by atoms with E-state index in [1.165, 1.54) is 0 Å². The van der Waals surface area contributed by atoms with Gasteiger partial charge in [-0.15, -0.1) is 24.9 Å². The Morgan fingerprint density at radius 1 is 1.09 bits per heavy atom. The summed E-state index contributed by atoms with van der Waals surface area (Å²) in [5.74, 6) is -1.17. The normalized spacial score (nSPS) is 26.9. The number of ether oxygens (including phenoxy) is 1. The summed E-state index contributed by atoms with van der Waals surface area (Å²) in [5, 5.41) is 10.4. The molecule has 0 radical (unpaired) electrons. The number of hydrogen-bond donors (Lipinski definition) is 1. The Balaban J connectivity index is 1.61. The molecule has 2 bridgehead atoms. The number of fused-ring (bicyclic) bond motifs is 1. The summed E-state index contributed by atoms with van der Waals surface area (Å²) in [7, 11) is 0.